The minimum atomic E-state index is -0.367. The smallest absolute Gasteiger partial charge is 0.231 e. The van der Waals surface area contributed by atoms with E-state index < -0.39 is 0 Å². The Hall–Kier alpha value is -2.93. The number of anilines is 1. The van der Waals surface area contributed by atoms with Gasteiger partial charge in [-0.25, -0.2) is 4.98 Å². The molecule has 6 nitrogen and oxygen atoms in total. The summed E-state index contributed by atoms with van der Waals surface area (Å²) in [5.41, 5.74) is 1.20. The monoisotopic (exact) mass is 381 g/mol. The van der Waals surface area contributed by atoms with Gasteiger partial charge >= 0.3 is 0 Å². The van der Waals surface area contributed by atoms with Crippen LogP contribution in [0.1, 0.15) is 22.6 Å². The van der Waals surface area contributed by atoms with Crippen molar-refractivity contribution in [2.24, 2.45) is 5.92 Å². The predicted octanol–water partition coefficient (Wildman–Crippen LogP) is 3.31. The van der Waals surface area contributed by atoms with Crippen LogP contribution in [0, 0.1) is 5.92 Å². The topological polar surface area (TPSA) is 75.4 Å². The van der Waals surface area contributed by atoms with Crippen molar-refractivity contribution < 1.29 is 14.0 Å². The second-order valence-corrected chi connectivity index (χ2v) is 7.65. The number of likely N-dealkylation sites (tertiary alicyclic amines) is 1. The molecule has 1 saturated heterocycles. The second-order valence-electron chi connectivity index (χ2n) is 6.54. The molecule has 1 atom stereocenters. The van der Waals surface area contributed by atoms with Gasteiger partial charge in [-0.2, -0.15) is 0 Å². The Labute approximate surface area is 160 Å². The lowest BCUT2D eigenvalue weighted by molar-refractivity contribution is -0.128. The maximum absolute atomic E-state index is 12.5. The average Bonchev–Trinajstić information content (AvgIpc) is 3.40. The maximum atomic E-state index is 12.5. The van der Waals surface area contributed by atoms with Crippen LogP contribution >= 0.6 is 11.3 Å². The summed E-state index contributed by atoms with van der Waals surface area (Å²) < 4.78 is 5.28. The Morgan fingerprint density at radius 3 is 2.89 bits per heavy atom. The van der Waals surface area contributed by atoms with Crippen LogP contribution in [0.3, 0.4) is 0 Å². The highest BCUT2D eigenvalue weighted by molar-refractivity contribution is 7.15. The number of carbonyl (C=O) groups is 2. The molecule has 138 valence electrons. The Morgan fingerprint density at radius 1 is 1.26 bits per heavy atom. The lowest BCUT2D eigenvalue weighted by atomic mass is 10.1. The molecule has 3 heterocycles. The zero-order valence-corrected chi connectivity index (χ0v) is 15.4. The number of rotatable bonds is 6. The van der Waals surface area contributed by atoms with Crippen molar-refractivity contribution >= 4 is 28.3 Å². The molecule has 2 amide bonds. The van der Waals surface area contributed by atoms with Crippen molar-refractivity contribution in [1.82, 2.24) is 9.88 Å². The van der Waals surface area contributed by atoms with E-state index >= 15 is 0 Å². The van der Waals surface area contributed by atoms with E-state index in [1.807, 2.05) is 24.3 Å². The number of furan rings is 1. The highest BCUT2D eigenvalue weighted by atomic mass is 32.1. The zero-order valence-electron chi connectivity index (χ0n) is 14.6. The van der Waals surface area contributed by atoms with E-state index in [0.717, 1.165) is 17.1 Å². The SMILES string of the molecule is O=C(Nc1ncc(Cc2ccccc2)s1)[C@@H]1CC(=O)N(Cc2ccco2)C1. The molecule has 1 aliphatic rings. The molecule has 1 aliphatic heterocycles. The summed E-state index contributed by atoms with van der Waals surface area (Å²) in [4.78, 5) is 31.7. The van der Waals surface area contributed by atoms with Gasteiger partial charge in [0, 0.05) is 30.5 Å². The van der Waals surface area contributed by atoms with Crippen LogP contribution in [0.15, 0.2) is 59.3 Å². The molecule has 1 aromatic carbocycles. The second kappa shape index (κ2) is 7.75. The summed E-state index contributed by atoms with van der Waals surface area (Å²) in [5.74, 6) is 0.158. The first-order valence-electron chi connectivity index (χ1n) is 8.77. The highest BCUT2D eigenvalue weighted by Crippen LogP contribution is 2.25. The molecule has 4 rings (SSSR count). The minimum absolute atomic E-state index is 0.0320. The molecule has 0 radical (unpaired) electrons. The van der Waals surface area contributed by atoms with Gasteiger partial charge in [0.2, 0.25) is 11.8 Å². The summed E-state index contributed by atoms with van der Waals surface area (Å²) >= 11 is 1.46. The number of hydrogen-bond donors (Lipinski definition) is 1. The number of thiazole rings is 1. The molecule has 27 heavy (non-hydrogen) atoms. The molecular weight excluding hydrogens is 362 g/mol. The molecule has 0 bridgehead atoms. The molecule has 2 aromatic heterocycles. The molecule has 0 unspecified atom stereocenters. The summed E-state index contributed by atoms with van der Waals surface area (Å²) in [6.45, 7) is 0.793. The van der Waals surface area contributed by atoms with Gasteiger partial charge in [-0.15, -0.1) is 11.3 Å². The van der Waals surface area contributed by atoms with Crippen molar-refractivity contribution in [1.29, 1.82) is 0 Å². The summed E-state index contributed by atoms with van der Waals surface area (Å²) in [7, 11) is 0. The normalized spacial score (nSPS) is 16.7. The number of hydrogen-bond acceptors (Lipinski definition) is 5. The van der Waals surface area contributed by atoms with Gasteiger partial charge in [-0.05, 0) is 17.7 Å². The van der Waals surface area contributed by atoms with E-state index in [2.05, 4.69) is 22.4 Å². The third kappa shape index (κ3) is 4.25. The van der Waals surface area contributed by atoms with E-state index in [9.17, 15) is 9.59 Å². The zero-order chi connectivity index (χ0) is 18.6. The Bertz CT molecular complexity index is 921. The van der Waals surface area contributed by atoms with E-state index in [4.69, 9.17) is 4.42 Å². The highest BCUT2D eigenvalue weighted by Gasteiger charge is 2.34. The van der Waals surface area contributed by atoms with Gasteiger partial charge in [0.1, 0.15) is 5.76 Å². The Balaban J connectivity index is 1.33. The standard InChI is InChI=1S/C20H19N3O3S/c24-18-10-15(12-23(18)13-16-7-4-8-26-16)19(25)22-20-21-11-17(27-20)9-14-5-2-1-3-6-14/h1-8,11,15H,9-10,12-13H2,(H,21,22,25)/t15-/m1/s1. The van der Waals surface area contributed by atoms with Crippen molar-refractivity contribution in [2.45, 2.75) is 19.4 Å². The van der Waals surface area contributed by atoms with Crippen molar-refractivity contribution in [3.05, 3.63) is 71.1 Å². The molecule has 1 fully saturated rings. The Kier molecular flexibility index (Phi) is 5.02. The van der Waals surface area contributed by atoms with Crippen molar-refractivity contribution in [2.75, 3.05) is 11.9 Å². The maximum Gasteiger partial charge on any atom is 0.231 e. The minimum Gasteiger partial charge on any atom is -0.467 e. The number of benzene rings is 1. The Morgan fingerprint density at radius 2 is 2.11 bits per heavy atom. The van der Waals surface area contributed by atoms with Crippen LogP contribution in [-0.4, -0.2) is 28.2 Å². The number of aromatic nitrogens is 1. The average molecular weight is 381 g/mol. The van der Waals surface area contributed by atoms with Crippen LogP contribution in [0.4, 0.5) is 5.13 Å². The van der Waals surface area contributed by atoms with Gasteiger partial charge in [-0.1, -0.05) is 30.3 Å². The lowest BCUT2D eigenvalue weighted by Crippen LogP contribution is -2.27. The molecule has 0 spiro atoms. The van der Waals surface area contributed by atoms with Gasteiger partial charge < -0.3 is 14.6 Å². The van der Waals surface area contributed by atoms with E-state index in [1.54, 1.807) is 23.4 Å². The fourth-order valence-electron chi connectivity index (χ4n) is 3.14. The fourth-order valence-corrected chi connectivity index (χ4v) is 3.99. The van der Waals surface area contributed by atoms with E-state index in [0.29, 0.717) is 18.2 Å². The van der Waals surface area contributed by atoms with Crippen LogP contribution in [0.2, 0.25) is 0 Å². The number of amides is 2. The quantitative estimate of drug-likeness (QED) is 0.711. The van der Waals surface area contributed by atoms with Crippen molar-refractivity contribution in [3.8, 4) is 0 Å². The van der Waals surface area contributed by atoms with Crippen LogP contribution in [-0.2, 0) is 22.6 Å². The summed E-state index contributed by atoms with van der Waals surface area (Å²) in [6, 6.07) is 13.7. The van der Waals surface area contributed by atoms with Crippen LogP contribution < -0.4 is 5.32 Å². The van der Waals surface area contributed by atoms with Gasteiger partial charge in [-0.3, -0.25) is 9.59 Å². The lowest BCUT2D eigenvalue weighted by Gasteiger charge is -2.14. The summed E-state index contributed by atoms with van der Waals surface area (Å²) in [6.07, 6.45) is 4.37. The van der Waals surface area contributed by atoms with E-state index in [-0.39, 0.29) is 24.2 Å². The van der Waals surface area contributed by atoms with Gasteiger partial charge in [0.15, 0.2) is 5.13 Å². The molecule has 0 saturated carbocycles. The van der Waals surface area contributed by atoms with Gasteiger partial charge in [0.25, 0.3) is 0 Å². The fraction of sp³-hybridized carbons (Fsp3) is 0.250. The van der Waals surface area contributed by atoms with Crippen LogP contribution in [0.25, 0.3) is 0 Å². The largest absolute Gasteiger partial charge is 0.467 e. The molecular formula is C20H19N3O3S. The third-order valence-electron chi connectivity index (χ3n) is 4.52. The number of nitrogens with one attached hydrogen (secondary N) is 1. The summed E-state index contributed by atoms with van der Waals surface area (Å²) in [5, 5.41) is 3.43. The van der Waals surface area contributed by atoms with Crippen molar-refractivity contribution in [3.63, 3.8) is 0 Å². The molecule has 3 aromatic rings. The number of nitrogens with zero attached hydrogens (tertiary/aromatic N) is 2. The first kappa shape index (κ1) is 17.5. The molecule has 0 aliphatic carbocycles. The number of carbonyl (C=O) groups excluding carboxylic acids is 2. The first-order chi connectivity index (χ1) is 13.2. The molecule has 1 N–H and O–H groups in total. The van der Waals surface area contributed by atoms with E-state index in [1.165, 1.54) is 16.9 Å². The third-order valence-corrected chi connectivity index (χ3v) is 5.43. The van der Waals surface area contributed by atoms with Gasteiger partial charge in [0.05, 0.1) is 18.7 Å². The molecule has 7 heteroatoms. The predicted molar refractivity (Wildman–Crippen MR) is 102 cm³/mol. The van der Waals surface area contributed by atoms with Crippen LogP contribution in [0.5, 0.6) is 0 Å². The first-order valence-corrected chi connectivity index (χ1v) is 9.58.